The minimum atomic E-state index is -0.596. The average Bonchev–Trinajstić information content (AvgIpc) is 2.71. The number of nitrogens with zero attached hydrogens (tertiary/aromatic N) is 1. The van der Waals surface area contributed by atoms with Crippen molar-refractivity contribution in [2.24, 2.45) is 0 Å². The van der Waals surface area contributed by atoms with E-state index in [9.17, 15) is 5.11 Å². The summed E-state index contributed by atoms with van der Waals surface area (Å²) in [5, 5.41) is 10.3. The summed E-state index contributed by atoms with van der Waals surface area (Å²) in [7, 11) is 4.17. The van der Waals surface area contributed by atoms with Crippen molar-refractivity contribution in [2.45, 2.75) is 24.5 Å². The molecule has 0 aliphatic carbocycles. The van der Waals surface area contributed by atoms with E-state index in [2.05, 4.69) is 67.5 Å². The molecule has 3 nitrogen and oxygen atoms in total. The third kappa shape index (κ3) is 6.72. The number of hydrogen-bond donors (Lipinski definition) is 1. The average molecular weight is 408 g/mol. The second kappa shape index (κ2) is 10.6. The topological polar surface area (TPSA) is 32.7 Å². The van der Waals surface area contributed by atoms with Crippen molar-refractivity contribution in [3.05, 3.63) is 89.5 Å². The Hall–Kier alpha value is -2.11. The molecule has 0 spiro atoms. The van der Waals surface area contributed by atoms with Crippen LogP contribution in [0, 0.1) is 6.92 Å². The second-order valence-corrected chi connectivity index (χ2v) is 8.52. The maximum atomic E-state index is 10.3. The predicted octanol–water partition coefficient (Wildman–Crippen LogP) is 5.52. The molecule has 1 unspecified atom stereocenters. The van der Waals surface area contributed by atoms with Gasteiger partial charge in [0.15, 0.2) is 0 Å². The number of aryl methyl sites for hydroxylation is 1. The van der Waals surface area contributed by atoms with Crippen molar-refractivity contribution in [3.63, 3.8) is 0 Å². The molecule has 3 rings (SSSR count). The Kier molecular flexibility index (Phi) is 7.90. The molecule has 0 aromatic heterocycles. The van der Waals surface area contributed by atoms with Crippen LogP contribution in [0.1, 0.15) is 22.8 Å². The Balaban J connectivity index is 1.55. The van der Waals surface area contributed by atoms with Gasteiger partial charge in [0.1, 0.15) is 6.10 Å². The molecule has 0 aliphatic rings. The first-order chi connectivity index (χ1) is 14.0. The number of rotatable bonds is 9. The summed E-state index contributed by atoms with van der Waals surface area (Å²) in [5.74, 6) is 0.507. The molecule has 29 heavy (non-hydrogen) atoms. The molecule has 0 radical (unpaired) electrons. The van der Waals surface area contributed by atoms with E-state index in [0.717, 1.165) is 22.6 Å². The lowest BCUT2D eigenvalue weighted by molar-refractivity contribution is 0.0577. The van der Waals surface area contributed by atoms with E-state index in [4.69, 9.17) is 4.74 Å². The smallest absolute Gasteiger partial charge is 0.102 e. The third-order valence-electron chi connectivity index (χ3n) is 4.60. The summed E-state index contributed by atoms with van der Waals surface area (Å²) in [4.78, 5) is 3.33. The summed E-state index contributed by atoms with van der Waals surface area (Å²) in [6.45, 7) is 3.25. The first kappa shape index (κ1) is 21.6. The van der Waals surface area contributed by atoms with E-state index in [1.807, 2.05) is 31.2 Å². The molecule has 1 atom stereocenters. The highest BCUT2D eigenvalue weighted by Crippen LogP contribution is 2.27. The van der Waals surface area contributed by atoms with Gasteiger partial charge in [-0.1, -0.05) is 71.9 Å². The number of thioether (sulfide) groups is 1. The van der Waals surface area contributed by atoms with Crippen molar-refractivity contribution in [3.8, 4) is 11.1 Å². The summed E-state index contributed by atoms with van der Waals surface area (Å²) in [6, 6.07) is 25.1. The molecular weight excluding hydrogens is 378 g/mol. The van der Waals surface area contributed by atoms with Gasteiger partial charge in [0, 0.05) is 11.4 Å². The number of ether oxygens (including phenoxy) is 1. The minimum Gasteiger partial charge on any atom is -0.386 e. The number of aliphatic hydroxyl groups is 1. The van der Waals surface area contributed by atoms with Crippen molar-refractivity contribution in [2.75, 3.05) is 26.6 Å². The van der Waals surface area contributed by atoms with E-state index in [1.54, 1.807) is 11.8 Å². The van der Waals surface area contributed by atoms with Crippen LogP contribution in [0.25, 0.3) is 11.1 Å². The molecule has 4 heteroatoms. The Labute approximate surface area is 178 Å². The van der Waals surface area contributed by atoms with Gasteiger partial charge >= 0.3 is 0 Å². The van der Waals surface area contributed by atoms with E-state index >= 15 is 0 Å². The molecule has 0 saturated carbocycles. The van der Waals surface area contributed by atoms with E-state index in [-0.39, 0.29) is 0 Å². The second-order valence-electron chi connectivity index (χ2n) is 7.53. The van der Waals surface area contributed by atoms with Gasteiger partial charge < -0.3 is 14.7 Å². The van der Waals surface area contributed by atoms with Crippen LogP contribution in [-0.2, 0) is 11.3 Å². The van der Waals surface area contributed by atoms with E-state index in [0.29, 0.717) is 12.5 Å². The van der Waals surface area contributed by atoms with Crippen LogP contribution in [0.15, 0.2) is 77.7 Å². The Morgan fingerprint density at radius 2 is 1.66 bits per heavy atom. The van der Waals surface area contributed by atoms with Crippen LogP contribution >= 0.6 is 11.8 Å². The maximum absolute atomic E-state index is 10.3. The molecule has 0 bridgehead atoms. The zero-order chi connectivity index (χ0) is 20.6. The van der Waals surface area contributed by atoms with Crippen LogP contribution in [0.2, 0.25) is 0 Å². The predicted molar refractivity (Wildman–Crippen MR) is 122 cm³/mol. The molecule has 0 aliphatic heterocycles. The molecule has 3 aromatic carbocycles. The monoisotopic (exact) mass is 407 g/mol. The van der Waals surface area contributed by atoms with E-state index in [1.165, 1.54) is 16.7 Å². The summed E-state index contributed by atoms with van der Waals surface area (Å²) in [5.41, 5.74) is 5.77. The summed E-state index contributed by atoms with van der Waals surface area (Å²) in [6.07, 6.45) is -0.596. The van der Waals surface area contributed by atoms with Gasteiger partial charge in [0.25, 0.3) is 0 Å². The third-order valence-corrected chi connectivity index (χ3v) is 5.48. The number of aliphatic hydroxyl groups excluding tert-OH is 1. The minimum absolute atomic E-state index is 0.294. The highest BCUT2D eigenvalue weighted by Gasteiger charge is 2.08. The van der Waals surface area contributed by atoms with Crippen LogP contribution in [-0.4, -0.2) is 36.6 Å². The van der Waals surface area contributed by atoms with Crippen LogP contribution in [0.5, 0.6) is 0 Å². The fourth-order valence-corrected chi connectivity index (χ4v) is 3.92. The number of benzene rings is 3. The summed E-state index contributed by atoms with van der Waals surface area (Å²) < 4.78 is 5.71. The Morgan fingerprint density at radius 3 is 2.41 bits per heavy atom. The molecule has 0 amide bonds. The van der Waals surface area contributed by atoms with Crippen molar-refractivity contribution in [1.29, 1.82) is 0 Å². The summed E-state index contributed by atoms with van der Waals surface area (Å²) >= 11 is 1.64. The SMILES string of the molecule is Cc1cccc(C(O)COCSc2cccc(-c3cccc(CN(C)C)c3)c2)c1. The normalized spacial score (nSPS) is 12.3. The quantitative estimate of drug-likeness (QED) is 0.287. The zero-order valence-corrected chi connectivity index (χ0v) is 18.2. The molecule has 152 valence electrons. The molecule has 0 saturated heterocycles. The van der Waals surface area contributed by atoms with Gasteiger partial charge in [-0.15, -0.1) is 0 Å². The van der Waals surface area contributed by atoms with Crippen LogP contribution < -0.4 is 0 Å². The van der Waals surface area contributed by atoms with Crippen molar-refractivity contribution in [1.82, 2.24) is 4.90 Å². The fourth-order valence-electron chi connectivity index (χ4n) is 3.22. The largest absolute Gasteiger partial charge is 0.386 e. The lowest BCUT2D eigenvalue weighted by atomic mass is 10.0. The van der Waals surface area contributed by atoms with Gasteiger partial charge in [-0.25, -0.2) is 0 Å². The van der Waals surface area contributed by atoms with Crippen LogP contribution in [0.3, 0.4) is 0 Å². The van der Waals surface area contributed by atoms with Gasteiger partial charge in [-0.05, 0) is 61.5 Å². The van der Waals surface area contributed by atoms with Crippen LogP contribution in [0.4, 0.5) is 0 Å². The van der Waals surface area contributed by atoms with Gasteiger partial charge in [0.2, 0.25) is 0 Å². The molecule has 0 heterocycles. The first-order valence-corrected chi connectivity index (χ1v) is 10.8. The van der Waals surface area contributed by atoms with Gasteiger partial charge in [-0.3, -0.25) is 0 Å². The molecule has 0 fully saturated rings. The lowest BCUT2D eigenvalue weighted by Crippen LogP contribution is -2.10. The van der Waals surface area contributed by atoms with Crippen molar-refractivity contribution >= 4 is 11.8 Å². The molecule has 3 aromatic rings. The number of hydrogen-bond acceptors (Lipinski definition) is 4. The van der Waals surface area contributed by atoms with E-state index < -0.39 is 6.10 Å². The zero-order valence-electron chi connectivity index (χ0n) is 17.3. The Bertz CT molecular complexity index is 926. The van der Waals surface area contributed by atoms with Gasteiger partial charge in [0.05, 0.1) is 12.5 Å². The highest BCUT2D eigenvalue weighted by atomic mass is 32.2. The molecule has 1 N–H and O–H groups in total. The van der Waals surface area contributed by atoms with Gasteiger partial charge in [-0.2, -0.15) is 0 Å². The standard InChI is InChI=1S/C25H29NO2S/c1-19-7-4-11-23(13-19)25(27)17-28-18-29-24-12-6-10-22(15-24)21-9-5-8-20(14-21)16-26(2)3/h4-15,25,27H,16-18H2,1-3H3. The maximum Gasteiger partial charge on any atom is 0.102 e. The Morgan fingerprint density at radius 1 is 0.931 bits per heavy atom. The fraction of sp³-hybridized carbons (Fsp3) is 0.280. The highest BCUT2D eigenvalue weighted by molar-refractivity contribution is 7.99. The van der Waals surface area contributed by atoms with Crippen molar-refractivity contribution < 1.29 is 9.84 Å². The molecular formula is C25H29NO2S. The first-order valence-electron chi connectivity index (χ1n) is 9.80. The lowest BCUT2D eigenvalue weighted by Gasteiger charge is -2.13.